The summed E-state index contributed by atoms with van der Waals surface area (Å²) in [5.74, 6) is -80.0. The second-order valence-electron chi connectivity index (χ2n) is 10.7. The fraction of sp³-hybridized carbons (Fsp3) is 0.808. The highest BCUT2D eigenvalue weighted by Crippen LogP contribution is 2.61. The van der Waals surface area contributed by atoms with Crippen molar-refractivity contribution >= 4 is 14.9 Å². The molecular formula is C26H28F23NO5Si. The van der Waals surface area contributed by atoms with Gasteiger partial charge in [-0.25, -0.2) is 13.6 Å². The molecule has 0 aromatic carbocycles. The van der Waals surface area contributed by atoms with Crippen LogP contribution in [0.15, 0.2) is 23.8 Å². The molecule has 0 spiro atoms. The molecule has 1 N–H and O–H groups in total. The molecule has 0 radical (unpaired) electrons. The maximum Gasteiger partial charge on any atom is 0.500 e. The number of carbonyl (C=O) groups is 1. The van der Waals surface area contributed by atoms with E-state index in [1.54, 1.807) is 20.8 Å². The molecule has 0 saturated carbocycles. The zero-order valence-electron chi connectivity index (χ0n) is 28.0. The van der Waals surface area contributed by atoms with Crippen molar-refractivity contribution < 1.29 is 124 Å². The molecule has 0 aromatic rings. The molecule has 56 heavy (non-hydrogen) atoms. The summed E-state index contributed by atoms with van der Waals surface area (Å²) >= 11 is 0. The number of allylic oxidation sites excluding steroid dienone is 4. The molecule has 0 fully saturated rings. The molecule has 30 heteroatoms. The maximum absolute atomic E-state index is 14.1. The van der Waals surface area contributed by atoms with Crippen LogP contribution in [0.5, 0.6) is 0 Å². The van der Waals surface area contributed by atoms with Crippen molar-refractivity contribution in [2.24, 2.45) is 0 Å². The number of ether oxygens (including phenoxy) is 1. The van der Waals surface area contributed by atoms with Gasteiger partial charge in [-0.1, -0.05) is 0 Å². The van der Waals surface area contributed by atoms with E-state index in [1.165, 1.54) is 0 Å². The number of hydrogen-bond acceptors (Lipinski definition) is 5. The Morgan fingerprint density at radius 3 is 1.25 bits per heavy atom. The van der Waals surface area contributed by atoms with Crippen LogP contribution in [0.25, 0.3) is 0 Å². The standard InChI is InChI=1S/C26H28F23NO5Si/c1-4-53-56(54-5-2,55-6-3)13-7-11-50-16(51)52-12-10-17(29,30)20(35,36)23(41,42)21(37,38)18(31,32)14(27)8-9-15(28)19(33,34)22(39,40)24(43,44)25(45,46)26(47,48)49/h8-9H,4-7,10-13H2,1-3H3,(H,50,51). The molecule has 1 amide bonds. The number of carbonyl (C=O) groups excluding carboxylic acids is 1. The zero-order valence-corrected chi connectivity index (χ0v) is 29.0. The number of alkyl halides is 21. The van der Waals surface area contributed by atoms with E-state index in [2.05, 4.69) is 4.74 Å². The third-order valence-electron chi connectivity index (χ3n) is 6.83. The summed E-state index contributed by atoms with van der Waals surface area (Å²) in [4.78, 5) is 11.7. The molecule has 0 heterocycles. The molecular weight excluding hydrogens is 871 g/mol. The molecule has 0 aromatic heterocycles. The Balaban J connectivity index is 6.11. The van der Waals surface area contributed by atoms with Gasteiger partial charge in [0.1, 0.15) is 0 Å². The Morgan fingerprint density at radius 2 is 0.911 bits per heavy atom. The topological polar surface area (TPSA) is 66.0 Å². The smallest absolute Gasteiger partial charge is 0.449 e. The first-order valence-electron chi connectivity index (χ1n) is 14.9. The van der Waals surface area contributed by atoms with Gasteiger partial charge in [0.25, 0.3) is 0 Å². The van der Waals surface area contributed by atoms with Crippen LogP contribution >= 0.6 is 0 Å². The fourth-order valence-electron chi connectivity index (χ4n) is 3.83. The normalized spacial score (nSPS) is 15.7. The summed E-state index contributed by atoms with van der Waals surface area (Å²) in [7, 11) is -3.28. The summed E-state index contributed by atoms with van der Waals surface area (Å²) in [5.41, 5.74) is 0. The Bertz CT molecular complexity index is 1350. The molecule has 6 nitrogen and oxygen atoms in total. The maximum atomic E-state index is 14.1. The minimum Gasteiger partial charge on any atom is -0.449 e. The van der Waals surface area contributed by atoms with Crippen LogP contribution in [0.2, 0.25) is 6.04 Å². The van der Waals surface area contributed by atoms with Crippen LogP contribution in [-0.4, -0.2) is 107 Å². The number of halogens is 23. The highest BCUT2D eigenvalue weighted by atomic mass is 28.4. The van der Waals surface area contributed by atoms with Gasteiger partial charge in [-0.15, -0.1) is 0 Å². The predicted molar refractivity (Wildman–Crippen MR) is 143 cm³/mol. The second kappa shape index (κ2) is 18.0. The monoisotopic (exact) mass is 899 g/mol. The van der Waals surface area contributed by atoms with Gasteiger partial charge >= 0.3 is 74.4 Å². The van der Waals surface area contributed by atoms with Crippen LogP contribution < -0.4 is 5.32 Å². The van der Waals surface area contributed by atoms with Gasteiger partial charge in [-0.3, -0.25) is 0 Å². The third-order valence-corrected chi connectivity index (χ3v) is 9.98. The summed E-state index contributed by atoms with van der Waals surface area (Å²) in [5, 5.41) is 1.86. The summed E-state index contributed by atoms with van der Waals surface area (Å²) in [6.07, 6.45) is -16.6. The average molecular weight is 900 g/mol. The van der Waals surface area contributed by atoms with Crippen LogP contribution in [0.4, 0.5) is 106 Å². The minimum atomic E-state index is -8.34. The molecule has 0 saturated heterocycles. The van der Waals surface area contributed by atoms with Gasteiger partial charge in [0.05, 0.1) is 13.0 Å². The van der Waals surface area contributed by atoms with Gasteiger partial charge < -0.3 is 23.3 Å². The number of amides is 1. The molecule has 0 atom stereocenters. The molecule has 0 aliphatic rings. The molecule has 0 unspecified atom stereocenters. The van der Waals surface area contributed by atoms with Crippen molar-refractivity contribution in [3.05, 3.63) is 23.8 Å². The summed E-state index contributed by atoms with van der Waals surface area (Å²) < 4.78 is 331. The molecule has 332 valence electrons. The largest absolute Gasteiger partial charge is 0.500 e. The van der Waals surface area contributed by atoms with Gasteiger partial charge in [-0.2, -0.15) is 92.2 Å². The van der Waals surface area contributed by atoms with E-state index in [9.17, 15) is 106 Å². The van der Waals surface area contributed by atoms with E-state index in [-0.39, 0.29) is 32.3 Å². The summed E-state index contributed by atoms with van der Waals surface area (Å²) in [6.45, 7) is 2.66. The van der Waals surface area contributed by atoms with Crippen LogP contribution in [-0.2, 0) is 18.0 Å². The van der Waals surface area contributed by atoms with E-state index in [0.29, 0.717) is 0 Å². The van der Waals surface area contributed by atoms with Gasteiger partial charge in [0.2, 0.25) is 0 Å². The van der Waals surface area contributed by atoms with Crippen LogP contribution in [0.3, 0.4) is 0 Å². The zero-order chi connectivity index (χ0) is 44.8. The number of nitrogens with one attached hydrogen (secondary N) is 1. The lowest BCUT2D eigenvalue weighted by molar-refractivity contribution is -0.419. The van der Waals surface area contributed by atoms with Crippen LogP contribution in [0.1, 0.15) is 33.6 Å². The van der Waals surface area contributed by atoms with Gasteiger partial charge in [-0.05, 0) is 39.3 Å². The highest BCUT2D eigenvalue weighted by Gasteiger charge is 2.88. The van der Waals surface area contributed by atoms with Crippen LogP contribution in [0, 0.1) is 0 Å². The molecule has 0 rings (SSSR count). The first-order chi connectivity index (χ1) is 24.8. The van der Waals surface area contributed by atoms with E-state index >= 15 is 0 Å². The lowest BCUT2D eigenvalue weighted by Crippen LogP contribution is -2.67. The van der Waals surface area contributed by atoms with E-state index < -0.39 is 118 Å². The second-order valence-corrected chi connectivity index (χ2v) is 13.5. The van der Waals surface area contributed by atoms with Gasteiger partial charge in [0.15, 0.2) is 11.7 Å². The fourth-order valence-corrected chi connectivity index (χ4v) is 6.44. The number of alkyl carbamates (subject to hydrolysis) is 1. The Kier molecular flexibility index (Phi) is 17.1. The lowest BCUT2D eigenvalue weighted by atomic mass is 9.92. The molecule has 0 bridgehead atoms. The minimum absolute atomic E-state index is 0.0240. The van der Waals surface area contributed by atoms with Crippen molar-refractivity contribution in [2.45, 2.75) is 99.1 Å². The van der Waals surface area contributed by atoms with E-state index in [4.69, 9.17) is 13.3 Å². The molecule has 0 aliphatic heterocycles. The highest BCUT2D eigenvalue weighted by molar-refractivity contribution is 6.60. The number of hydrogen-bond donors (Lipinski definition) is 1. The van der Waals surface area contributed by atoms with Crippen molar-refractivity contribution in [2.75, 3.05) is 33.0 Å². The number of rotatable bonds is 23. The Hall–Kier alpha value is -2.76. The van der Waals surface area contributed by atoms with E-state index in [0.717, 1.165) is 0 Å². The first-order valence-corrected chi connectivity index (χ1v) is 16.8. The summed E-state index contributed by atoms with van der Waals surface area (Å²) in [6, 6.07) is 0.0240. The van der Waals surface area contributed by atoms with Crippen molar-refractivity contribution in [1.29, 1.82) is 0 Å². The molecule has 0 aliphatic carbocycles. The first kappa shape index (κ1) is 53.2. The van der Waals surface area contributed by atoms with E-state index in [1.807, 2.05) is 5.32 Å². The average Bonchev–Trinajstić information content (AvgIpc) is 3.04. The van der Waals surface area contributed by atoms with Crippen molar-refractivity contribution in [3.8, 4) is 0 Å². The Morgan fingerprint density at radius 1 is 0.554 bits per heavy atom. The Labute approximate surface area is 300 Å². The van der Waals surface area contributed by atoms with Gasteiger partial charge in [0, 0.05) is 32.4 Å². The lowest BCUT2D eigenvalue weighted by Gasteiger charge is -2.39. The van der Waals surface area contributed by atoms with Crippen molar-refractivity contribution in [1.82, 2.24) is 5.32 Å². The predicted octanol–water partition coefficient (Wildman–Crippen LogP) is 10.5. The van der Waals surface area contributed by atoms with Crippen molar-refractivity contribution in [3.63, 3.8) is 0 Å². The third kappa shape index (κ3) is 10.1. The SMILES string of the molecule is CCO[Si](CCCNC(=O)OCCC(F)(F)C(F)(F)C(F)(F)C(F)(F)C(F)(F)C(F)=CC=C(F)C(F)(F)C(F)(F)C(F)(F)C(F)(F)C(F)(F)F)(OCC)OCC. The quantitative estimate of drug-likeness (QED) is 0.0479.